The fourth-order valence-corrected chi connectivity index (χ4v) is 7.82. The van der Waals surface area contributed by atoms with E-state index < -0.39 is 41.7 Å². The summed E-state index contributed by atoms with van der Waals surface area (Å²) in [5.41, 5.74) is -0.786. The summed E-state index contributed by atoms with van der Waals surface area (Å²) in [4.78, 5) is 57.3. The van der Waals surface area contributed by atoms with Crippen LogP contribution in [0, 0.1) is 11.8 Å². The van der Waals surface area contributed by atoms with Crippen LogP contribution in [0.25, 0.3) is 0 Å². The Labute approximate surface area is 271 Å². The van der Waals surface area contributed by atoms with Gasteiger partial charge < -0.3 is 29.7 Å². The van der Waals surface area contributed by atoms with Crippen LogP contribution < -0.4 is 10.2 Å². The van der Waals surface area contributed by atoms with Crippen molar-refractivity contribution in [1.29, 1.82) is 0 Å². The topological polar surface area (TPSA) is 125 Å². The van der Waals surface area contributed by atoms with E-state index in [0.29, 0.717) is 42.8 Å². The summed E-state index contributed by atoms with van der Waals surface area (Å²) in [6, 6.07) is 5.95. The molecular weight excluding hydrogens is 654 g/mol. The summed E-state index contributed by atoms with van der Waals surface area (Å²) in [6.07, 6.45) is 4.88. The zero-order valence-electron chi connectivity index (χ0n) is 25.0. The molecule has 2 N–H and O–H groups in total. The number of benzene rings is 1. The maximum atomic E-state index is 14.6. The van der Waals surface area contributed by atoms with Crippen molar-refractivity contribution in [3.63, 3.8) is 0 Å². The fourth-order valence-electron chi connectivity index (χ4n) is 6.64. The summed E-state index contributed by atoms with van der Waals surface area (Å²) < 4.78 is 12.3. The van der Waals surface area contributed by atoms with E-state index in [-0.39, 0.29) is 55.2 Å². The number of rotatable bonds is 16. The first-order valence-corrected chi connectivity index (χ1v) is 16.4. The molecule has 4 rings (SSSR count). The number of para-hydroxylation sites is 1. The number of anilines is 1. The number of unbranched alkanes of at least 4 members (excludes halogenated alkanes) is 2. The van der Waals surface area contributed by atoms with E-state index >= 15 is 0 Å². The van der Waals surface area contributed by atoms with Crippen LogP contribution in [0.15, 0.2) is 49.6 Å². The zero-order chi connectivity index (χ0) is 32.0. The minimum Gasteiger partial charge on any atom is -0.460 e. The number of hydrogen-bond acceptors (Lipinski definition) is 7. The first-order valence-electron chi connectivity index (χ1n) is 15.1. The highest BCUT2D eigenvalue weighted by Gasteiger charge is 2.77. The van der Waals surface area contributed by atoms with Gasteiger partial charge in [0.25, 0.3) is 5.91 Å². The number of ether oxygens (including phenoxy) is 2. The monoisotopic (exact) mass is 693 g/mol. The van der Waals surface area contributed by atoms with Gasteiger partial charge in [0.05, 0.1) is 35.2 Å². The molecule has 44 heavy (non-hydrogen) atoms. The Balaban J connectivity index is 1.64. The minimum absolute atomic E-state index is 0.0271. The van der Waals surface area contributed by atoms with Gasteiger partial charge in [0.1, 0.15) is 17.7 Å². The number of amides is 3. The number of carbonyl (C=O) groups is 4. The van der Waals surface area contributed by atoms with Crippen LogP contribution in [0.4, 0.5) is 5.69 Å². The number of allylic oxidation sites excluding steroid dienone is 1. The van der Waals surface area contributed by atoms with Crippen LogP contribution in [0.3, 0.4) is 0 Å². The lowest BCUT2D eigenvalue weighted by Gasteiger charge is -2.37. The Morgan fingerprint density at radius 2 is 2.02 bits per heavy atom. The van der Waals surface area contributed by atoms with E-state index in [0.717, 1.165) is 0 Å². The second kappa shape index (κ2) is 15.0. The number of aliphatic hydroxyl groups is 1. The van der Waals surface area contributed by atoms with Crippen LogP contribution in [0.2, 0.25) is 5.02 Å². The normalized spacial score (nSPS) is 27.5. The molecule has 1 spiro atoms. The van der Waals surface area contributed by atoms with Crippen LogP contribution in [-0.2, 0) is 28.7 Å². The number of carbonyl (C=O) groups excluding carboxylic acids is 4. The van der Waals surface area contributed by atoms with Gasteiger partial charge in [-0.1, -0.05) is 51.8 Å². The van der Waals surface area contributed by atoms with Gasteiger partial charge in [-0.2, -0.15) is 0 Å². The molecule has 1 aromatic rings. The Kier molecular flexibility index (Phi) is 11.7. The highest BCUT2D eigenvalue weighted by atomic mass is 79.9. The summed E-state index contributed by atoms with van der Waals surface area (Å²) >= 11 is 10.2. The predicted molar refractivity (Wildman–Crippen MR) is 170 cm³/mol. The van der Waals surface area contributed by atoms with Crippen molar-refractivity contribution < 1.29 is 33.8 Å². The third-order valence-electron chi connectivity index (χ3n) is 8.55. The van der Waals surface area contributed by atoms with Gasteiger partial charge in [-0.05, 0) is 51.2 Å². The molecule has 3 amide bonds. The quantitative estimate of drug-likeness (QED) is 0.117. The maximum Gasteiger partial charge on any atom is 0.312 e. The molecule has 3 saturated heterocycles. The van der Waals surface area contributed by atoms with Crippen LogP contribution >= 0.6 is 27.5 Å². The minimum atomic E-state index is -1.27. The van der Waals surface area contributed by atoms with Gasteiger partial charge in [-0.25, -0.2) is 0 Å². The molecule has 12 heteroatoms. The fraction of sp³-hybridized carbons (Fsp3) is 0.562. The number of esters is 1. The van der Waals surface area contributed by atoms with Crippen LogP contribution in [0.5, 0.6) is 0 Å². The van der Waals surface area contributed by atoms with Gasteiger partial charge in [-0.15, -0.1) is 13.2 Å². The Morgan fingerprint density at radius 3 is 2.70 bits per heavy atom. The zero-order valence-corrected chi connectivity index (χ0v) is 27.3. The predicted octanol–water partition coefficient (Wildman–Crippen LogP) is 3.78. The molecule has 3 fully saturated rings. The molecule has 0 saturated carbocycles. The van der Waals surface area contributed by atoms with Crippen molar-refractivity contribution in [2.45, 2.75) is 74.1 Å². The molecule has 1 aromatic carbocycles. The molecule has 3 aliphatic heterocycles. The third-order valence-corrected chi connectivity index (χ3v) is 9.72. The van der Waals surface area contributed by atoms with Crippen LogP contribution in [-0.4, -0.2) is 88.6 Å². The van der Waals surface area contributed by atoms with E-state index in [1.165, 1.54) is 4.90 Å². The second-order valence-electron chi connectivity index (χ2n) is 11.5. The largest absolute Gasteiger partial charge is 0.460 e. The number of likely N-dealkylation sites (tertiary alicyclic amines) is 1. The molecule has 2 bridgehead atoms. The SMILES string of the molecule is C=CCCC(=O)NC[C@@H](C)OC(=O)[C@@H]1[C@H]2O[C@@]3(CC2Br)[C@H](C(=O)N(CC=C)c2ccccc2Cl)N(CCCCCO)C(=O)[C@@H]13. The van der Waals surface area contributed by atoms with Gasteiger partial charge in [-0.3, -0.25) is 19.2 Å². The van der Waals surface area contributed by atoms with Crippen molar-refractivity contribution >= 4 is 56.9 Å². The smallest absolute Gasteiger partial charge is 0.312 e. The first-order chi connectivity index (χ1) is 21.1. The van der Waals surface area contributed by atoms with Gasteiger partial charge in [0.2, 0.25) is 11.8 Å². The molecule has 0 aliphatic carbocycles. The van der Waals surface area contributed by atoms with Crippen molar-refractivity contribution in [2.75, 3.05) is 31.1 Å². The van der Waals surface area contributed by atoms with Crippen molar-refractivity contribution in [2.24, 2.45) is 11.8 Å². The molecule has 0 radical (unpaired) electrons. The number of nitrogens with zero attached hydrogens (tertiary/aromatic N) is 2. The van der Waals surface area contributed by atoms with E-state index in [1.807, 2.05) is 0 Å². The lowest BCUT2D eigenvalue weighted by Crippen LogP contribution is -2.57. The van der Waals surface area contributed by atoms with Gasteiger partial charge in [0.15, 0.2) is 0 Å². The summed E-state index contributed by atoms with van der Waals surface area (Å²) in [7, 11) is 0. The summed E-state index contributed by atoms with van der Waals surface area (Å²) in [5.74, 6) is -3.35. The highest BCUT2D eigenvalue weighted by Crippen LogP contribution is 2.60. The summed E-state index contributed by atoms with van der Waals surface area (Å²) in [5, 5.41) is 12.4. The van der Waals surface area contributed by atoms with Gasteiger partial charge >= 0.3 is 5.97 Å². The lowest BCUT2D eigenvalue weighted by atomic mass is 9.70. The average Bonchev–Trinajstić information content (AvgIpc) is 3.59. The van der Waals surface area contributed by atoms with E-state index in [2.05, 4.69) is 34.4 Å². The van der Waals surface area contributed by atoms with Crippen molar-refractivity contribution in [3.05, 3.63) is 54.6 Å². The third kappa shape index (κ3) is 6.76. The van der Waals surface area contributed by atoms with Crippen molar-refractivity contribution in [1.82, 2.24) is 10.2 Å². The molecule has 10 nitrogen and oxygen atoms in total. The highest BCUT2D eigenvalue weighted by molar-refractivity contribution is 9.09. The standard InChI is InChI=1S/C32H41BrClN3O7/c1-4-6-14-24(39)35-19-20(3)43-31(42)25-26-29(40)37(16-10-7-11-17-38)28(32(26)18-21(33)27(25)44-32)30(41)36(15-5-2)23-13-9-8-12-22(23)34/h4-5,8-9,12-13,20-21,25-28,38H,1-2,6-7,10-11,14-19H2,3H3,(H,35,39)/t20-,21?,25+,26-,27+,28+,32-/m1/s1. The number of aliphatic hydroxyl groups excluding tert-OH is 1. The van der Waals surface area contributed by atoms with Crippen LogP contribution in [0.1, 0.15) is 45.4 Å². The molecule has 1 unspecified atom stereocenters. The van der Waals surface area contributed by atoms with Crippen molar-refractivity contribution in [3.8, 4) is 0 Å². The molecule has 7 atom stereocenters. The van der Waals surface area contributed by atoms with E-state index in [9.17, 15) is 24.3 Å². The lowest BCUT2D eigenvalue weighted by molar-refractivity contribution is -0.159. The van der Waals surface area contributed by atoms with Gasteiger partial charge in [0, 0.05) is 30.9 Å². The Bertz CT molecular complexity index is 1260. The molecular formula is C32H41BrClN3O7. The number of hydrogen-bond donors (Lipinski definition) is 2. The molecule has 240 valence electrons. The number of nitrogens with one attached hydrogen (secondary N) is 1. The number of fused-ring (bicyclic) bond motifs is 1. The average molecular weight is 695 g/mol. The second-order valence-corrected chi connectivity index (χ2v) is 13.1. The Morgan fingerprint density at radius 1 is 1.27 bits per heavy atom. The number of alkyl halides is 1. The Hall–Kier alpha value is -2.73. The summed E-state index contributed by atoms with van der Waals surface area (Å²) in [6.45, 7) is 9.66. The molecule has 3 heterocycles. The molecule has 0 aromatic heterocycles. The maximum absolute atomic E-state index is 14.6. The molecule has 3 aliphatic rings. The van der Waals surface area contributed by atoms with E-state index in [4.69, 9.17) is 21.1 Å². The van der Waals surface area contributed by atoms with E-state index in [1.54, 1.807) is 48.2 Å². The first kappa shape index (κ1) is 34.1. The number of halogens is 2.